The lowest BCUT2D eigenvalue weighted by Crippen LogP contribution is -2.40. The van der Waals surface area contributed by atoms with Crippen LogP contribution in [0.4, 0.5) is 0 Å². The van der Waals surface area contributed by atoms with Crippen LogP contribution in [0.25, 0.3) is 0 Å². The average molecular weight is 428 g/mol. The summed E-state index contributed by atoms with van der Waals surface area (Å²) in [5.41, 5.74) is 7.16. The molecular formula is C19H23Cl2N3O4. The van der Waals surface area contributed by atoms with Gasteiger partial charge in [0.2, 0.25) is 5.91 Å². The maximum absolute atomic E-state index is 11.7. The number of benzene rings is 1. The highest BCUT2D eigenvalue weighted by atomic mass is 35.5. The summed E-state index contributed by atoms with van der Waals surface area (Å²) >= 11 is 6.20. The summed E-state index contributed by atoms with van der Waals surface area (Å²) < 4.78 is 5.77. The number of ether oxygens (including phenoxy) is 1. The number of nitrogens with one attached hydrogen (secondary N) is 1. The van der Waals surface area contributed by atoms with Crippen LogP contribution >= 0.6 is 24.0 Å². The lowest BCUT2D eigenvalue weighted by molar-refractivity contribution is -0.137. The quantitative estimate of drug-likeness (QED) is 0.566. The Kier molecular flexibility index (Phi) is 9.72. The van der Waals surface area contributed by atoms with Crippen LogP contribution < -0.4 is 15.8 Å². The molecule has 9 heteroatoms. The smallest absolute Gasteiger partial charge is 0.304 e. The molecule has 2 rings (SSSR count). The number of nitrogens with zero attached hydrogens (tertiary/aromatic N) is 1. The Morgan fingerprint density at radius 3 is 2.57 bits per heavy atom. The summed E-state index contributed by atoms with van der Waals surface area (Å²) in [7, 11) is 0. The van der Waals surface area contributed by atoms with E-state index in [9.17, 15) is 14.7 Å². The van der Waals surface area contributed by atoms with Crippen LogP contribution in [-0.4, -0.2) is 34.6 Å². The predicted molar refractivity (Wildman–Crippen MR) is 109 cm³/mol. The Bertz CT molecular complexity index is 788. The van der Waals surface area contributed by atoms with Gasteiger partial charge in [-0.3, -0.25) is 14.6 Å². The van der Waals surface area contributed by atoms with E-state index < -0.39 is 17.9 Å². The lowest BCUT2D eigenvalue weighted by Gasteiger charge is -2.19. The van der Waals surface area contributed by atoms with Crippen molar-refractivity contribution in [3.05, 3.63) is 58.9 Å². The molecule has 7 nitrogen and oxygen atoms in total. The van der Waals surface area contributed by atoms with Gasteiger partial charge in [0.05, 0.1) is 17.5 Å². The number of hydrogen-bond donors (Lipinski definition) is 3. The van der Waals surface area contributed by atoms with Gasteiger partial charge in [0.15, 0.2) is 0 Å². The van der Waals surface area contributed by atoms with Crippen molar-refractivity contribution >= 4 is 35.9 Å². The number of aliphatic carboxylic acids is 1. The van der Waals surface area contributed by atoms with Crippen LogP contribution in [0.5, 0.6) is 5.75 Å². The molecule has 0 saturated heterocycles. The van der Waals surface area contributed by atoms with E-state index in [1.54, 1.807) is 37.5 Å². The van der Waals surface area contributed by atoms with E-state index in [0.717, 1.165) is 5.56 Å². The minimum absolute atomic E-state index is 0. The van der Waals surface area contributed by atoms with Crippen molar-refractivity contribution in [1.29, 1.82) is 0 Å². The molecule has 2 aromatic rings. The number of carboxylic acids is 1. The summed E-state index contributed by atoms with van der Waals surface area (Å²) in [6.07, 6.45) is 3.19. The van der Waals surface area contributed by atoms with Crippen LogP contribution in [0.2, 0.25) is 5.02 Å². The van der Waals surface area contributed by atoms with Gasteiger partial charge in [0.1, 0.15) is 12.4 Å². The van der Waals surface area contributed by atoms with Gasteiger partial charge in [-0.2, -0.15) is 0 Å². The summed E-state index contributed by atoms with van der Waals surface area (Å²) in [4.78, 5) is 26.9. The first-order chi connectivity index (χ1) is 12.9. The molecule has 0 aliphatic heterocycles. The van der Waals surface area contributed by atoms with Gasteiger partial charge in [-0.05, 0) is 42.3 Å². The first-order valence-electron chi connectivity index (χ1n) is 8.43. The Labute approximate surface area is 174 Å². The van der Waals surface area contributed by atoms with E-state index >= 15 is 0 Å². The Morgan fingerprint density at radius 2 is 1.96 bits per heavy atom. The van der Waals surface area contributed by atoms with E-state index in [2.05, 4.69) is 10.3 Å². The third kappa shape index (κ3) is 7.34. The number of halogens is 2. The molecule has 0 spiro atoms. The van der Waals surface area contributed by atoms with Gasteiger partial charge in [0.25, 0.3) is 0 Å². The highest BCUT2D eigenvalue weighted by Crippen LogP contribution is 2.30. The van der Waals surface area contributed by atoms with Crippen molar-refractivity contribution in [1.82, 2.24) is 10.3 Å². The van der Waals surface area contributed by atoms with Gasteiger partial charge in [-0.25, -0.2) is 0 Å². The summed E-state index contributed by atoms with van der Waals surface area (Å²) in [5, 5.41) is 12.3. The largest absolute Gasteiger partial charge is 0.487 e. The van der Waals surface area contributed by atoms with E-state index in [4.69, 9.17) is 22.1 Å². The number of hydrogen-bond acceptors (Lipinski definition) is 5. The molecule has 28 heavy (non-hydrogen) atoms. The zero-order valence-corrected chi connectivity index (χ0v) is 16.9. The molecule has 4 N–H and O–H groups in total. The zero-order valence-electron chi connectivity index (χ0n) is 15.3. The van der Waals surface area contributed by atoms with Crippen LogP contribution in [0.15, 0.2) is 42.7 Å². The molecule has 1 amide bonds. The van der Waals surface area contributed by atoms with Crippen molar-refractivity contribution in [3.63, 3.8) is 0 Å². The van der Waals surface area contributed by atoms with Gasteiger partial charge >= 0.3 is 5.97 Å². The first kappa shape index (κ1) is 23.7. The fourth-order valence-corrected chi connectivity index (χ4v) is 2.60. The molecule has 0 aliphatic carbocycles. The topological polar surface area (TPSA) is 115 Å². The molecular weight excluding hydrogens is 405 g/mol. The Balaban J connectivity index is 0.00000392. The number of carbonyl (C=O) groups is 2. The zero-order chi connectivity index (χ0) is 19.8. The number of pyridine rings is 1. The molecule has 0 fully saturated rings. The van der Waals surface area contributed by atoms with Crippen LogP contribution in [0.3, 0.4) is 0 Å². The average Bonchev–Trinajstić information content (AvgIpc) is 2.64. The number of carbonyl (C=O) groups excluding carboxylic acids is 1. The minimum atomic E-state index is -0.968. The van der Waals surface area contributed by atoms with Gasteiger partial charge in [0, 0.05) is 24.9 Å². The number of rotatable bonds is 9. The van der Waals surface area contributed by atoms with Crippen molar-refractivity contribution in [2.24, 2.45) is 5.73 Å². The van der Waals surface area contributed by atoms with Gasteiger partial charge < -0.3 is 20.9 Å². The highest BCUT2D eigenvalue weighted by molar-refractivity contribution is 6.32. The fourth-order valence-electron chi connectivity index (χ4n) is 2.43. The van der Waals surface area contributed by atoms with Crippen molar-refractivity contribution in [2.75, 3.05) is 6.54 Å². The number of nitrogens with two attached hydrogens (primary N) is 1. The van der Waals surface area contributed by atoms with Crippen LogP contribution in [0.1, 0.15) is 30.4 Å². The van der Waals surface area contributed by atoms with Crippen molar-refractivity contribution in [3.8, 4) is 5.75 Å². The summed E-state index contributed by atoms with van der Waals surface area (Å²) in [6, 6.07) is 8.08. The van der Waals surface area contributed by atoms with Crippen molar-refractivity contribution in [2.45, 2.75) is 31.9 Å². The van der Waals surface area contributed by atoms with E-state index in [1.807, 2.05) is 12.1 Å². The number of carboxylic acid groups (broad SMARTS) is 1. The molecule has 0 bridgehead atoms. The van der Waals surface area contributed by atoms with E-state index in [1.165, 1.54) is 0 Å². The monoisotopic (exact) mass is 427 g/mol. The van der Waals surface area contributed by atoms with Gasteiger partial charge in [-0.15, -0.1) is 12.4 Å². The van der Waals surface area contributed by atoms with Crippen LogP contribution in [-0.2, 0) is 16.2 Å². The molecule has 0 saturated carbocycles. The number of aromatic nitrogens is 1. The third-order valence-corrected chi connectivity index (χ3v) is 4.24. The third-order valence-electron chi connectivity index (χ3n) is 3.93. The Morgan fingerprint density at radius 1 is 1.29 bits per heavy atom. The SMILES string of the molecule is C[C@H](N)C(=O)NC[C@H](CC(=O)O)c1ccc(Cl)c(OCc2ccncc2)c1.Cl. The summed E-state index contributed by atoms with van der Waals surface area (Å²) in [5.74, 6) is -1.30. The van der Waals surface area contributed by atoms with Gasteiger partial charge in [-0.1, -0.05) is 17.7 Å². The molecule has 1 aromatic carbocycles. The predicted octanol–water partition coefficient (Wildman–Crippen LogP) is 2.76. The molecule has 0 radical (unpaired) electrons. The molecule has 152 valence electrons. The summed E-state index contributed by atoms with van der Waals surface area (Å²) in [6.45, 7) is 2.02. The maximum Gasteiger partial charge on any atom is 0.304 e. The first-order valence-corrected chi connectivity index (χ1v) is 8.81. The molecule has 1 aromatic heterocycles. The molecule has 0 unspecified atom stereocenters. The lowest BCUT2D eigenvalue weighted by atomic mass is 9.95. The second-order valence-electron chi connectivity index (χ2n) is 6.16. The van der Waals surface area contributed by atoms with Crippen LogP contribution in [0, 0.1) is 0 Å². The highest BCUT2D eigenvalue weighted by Gasteiger charge is 2.19. The second kappa shape index (κ2) is 11.5. The molecule has 1 heterocycles. The molecule has 0 aliphatic rings. The minimum Gasteiger partial charge on any atom is -0.487 e. The standard InChI is InChI=1S/C19H22ClN3O4.ClH/c1-12(21)19(26)23-10-15(9-18(24)25)14-2-3-16(20)17(8-14)27-11-13-4-6-22-7-5-13;/h2-8,12,15H,9-11,21H2,1H3,(H,23,26)(H,24,25);1H/t12-,15-;/m0./s1. The van der Waals surface area contributed by atoms with Crippen molar-refractivity contribution < 1.29 is 19.4 Å². The van der Waals surface area contributed by atoms with E-state index in [-0.39, 0.29) is 31.3 Å². The normalized spacial score (nSPS) is 12.4. The second-order valence-corrected chi connectivity index (χ2v) is 6.57. The number of amides is 1. The van der Waals surface area contributed by atoms with E-state index in [0.29, 0.717) is 22.9 Å². The maximum atomic E-state index is 11.7. The fraction of sp³-hybridized carbons (Fsp3) is 0.316. The molecule has 2 atom stereocenters. The Hall–Kier alpha value is -2.35.